The minimum absolute atomic E-state index is 0.0637. The van der Waals surface area contributed by atoms with Crippen molar-refractivity contribution >= 4 is 28.0 Å². The fourth-order valence-corrected chi connectivity index (χ4v) is 4.54. The first-order valence-electron chi connectivity index (χ1n) is 9.46. The molecule has 0 bridgehead atoms. The lowest BCUT2D eigenvalue weighted by Gasteiger charge is -2.18. The van der Waals surface area contributed by atoms with Gasteiger partial charge in [-0.25, -0.2) is 4.79 Å². The maximum atomic E-state index is 12.5. The standard InChI is InChI=1S/C22H20BrN3O4/c1-26-11-17(21(23)25-26)19(10-20(27)28)24-22(29)30-12-18-15-8-4-2-6-13(15)14-7-3-5-9-16(14)18/h2-9,11,18-19H,10,12H2,1H3,(H,24,29)(H,27,28)/t19-/m1/s1. The lowest BCUT2D eigenvalue weighted by Crippen LogP contribution is -2.31. The predicted octanol–water partition coefficient (Wildman–Crippen LogP) is 4.24. The number of hydrogen-bond acceptors (Lipinski definition) is 4. The van der Waals surface area contributed by atoms with Crippen LogP contribution in [-0.2, 0) is 16.6 Å². The van der Waals surface area contributed by atoms with Gasteiger partial charge in [-0.15, -0.1) is 0 Å². The summed E-state index contributed by atoms with van der Waals surface area (Å²) in [5.74, 6) is -1.10. The minimum atomic E-state index is -1.03. The van der Waals surface area contributed by atoms with E-state index in [1.165, 1.54) is 0 Å². The Balaban J connectivity index is 1.49. The van der Waals surface area contributed by atoms with Gasteiger partial charge in [0, 0.05) is 24.7 Å². The first-order chi connectivity index (χ1) is 14.4. The number of benzene rings is 2. The predicted molar refractivity (Wildman–Crippen MR) is 114 cm³/mol. The molecular formula is C22H20BrN3O4. The maximum Gasteiger partial charge on any atom is 0.407 e. The van der Waals surface area contributed by atoms with E-state index < -0.39 is 18.1 Å². The van der Waals surface area contributed by atoms with E-state index in [0.29, 0.717) is 10.2 Å². The van der Waals surface area contributed by atoms with Gasteiger partial charge in [-0.1, -0.05) is 48.5 Å². The van der Waals surface area contributed by atoms with E-state index >= 15 is 0 Å². The number of aryl methyl sites for hydroxylation is 1. The van der Waals surface area contributed by atoms with Crippen molar-refractivity contribution in [1.29, 1.82) is 0 Å². The van der Waals surface area contributed by atoms with Crippen LogP contribution in [-0.4, -0.2) is 33.6 Å². The van der Waals surface area contributed by atoms with E-state index in [1.54, 1.807) is 17.9 Å². The van der Waals surface area contributed by atoms with Crippen LogP contribution >= 0.6 is 15.9 Å². The number of nitrogens with zero attached hydrogens (tertiary/aromatic N) is 2. The summed E-state index contributed by atoms with van der Waals surface area (Å²) in [6.45, 7) is 0.161. The molecule has 0 spiro atoms. The average Bonchev–Trinajstić information content (AvgIpc) is 3.22. The number of halogens is 1. The Hall–Kier alpha value is -3.13. The largest absolute Gasteiger partial charge is 0.481 e. The molecule has 30 heavy (non-hydrogen) atoms. The van der Waals surface area contributed by atoms with Crippen LogP contribution in [0.15, 0.2) is 59.3 Å². The number of carbonyl (C=O) groups excluding carboxylic acids is 1. The van der Waals surface area contributed by atoms with Crippen molar-refractivity contribution in [1.82, 2.24) is 15.1 Å². The highest BCUT2D eigenvalue weighted by molar-refractivity contribution is 9.10. The number of nitrogens with one attached hydrogen (secondary N) is 1. The van der Waals surface area contributed by atoms with Crippen LogP contribution in [0.1, 0.15) is 35.1 Å². The smallest absolute Gasteiger partial charge is 0.407 e. The number of aliphatic carboxylic acids is 1. The average molecular weight is 470 g/mol. The monoisotopic (exact) mass is 469 g/mol. The summed E-state index contributed by atoms with van der Waals surface area (Å²) in [5, 5.41) is 16.1. The van der Waals surface area contributed by atoms with Gasteiger partial charge >= 0.3 is 12.1 Å². The number of carboxylic acids is 1. The van der Waals surface area contributed by atoms with Gasteiger partial charge in [-0.3, -0.25) is 9.48 Å². The summed E-state index contributed by atoms with van der Waals surface area (Å²) in [7, 11) is 1.72. The first-order valence-corrected chi connectivity index (χ1v) is 10.3. The Morgan fingerprint density at radius 2 is 1.77 bits per heavy atom. The Morgan fingerprint density at radius 1 is 1.17 bits per heavy atom. The molecule has 2 aromatic carbocycles. The molecule has 1 heterocycles. The summed E-state index contributed by atoms with van der Waals surface area (Å²) in [6, 6.07) is 15.4. The van der Waals surface area contributed by atoms with Crippen molar-refractivity contribution in [3.63, 3.8) is 0 Å². The zero-order chi connectivity index (χ0) is 21.3. The van der Waals surface area contributed by atoms with Gasteiger partial charge in [-0.2, -0.15) is 5.10 Å². The first kappa shape index (κ1) is 20.2. The van der Waals surface area contributed by atoms with Crippen molar-refractivity contribution in [3.8, 4) is 11.1 Å². The molecule has 0 saturated heterocycles. The number of hydrogen-bond donors (Lipinski definition) is 2. The third-order valence-corrected chi connectivity index (χ3v) is 5.82. The third kappa shape index (κ3) is 3.95. The molecule has 2 N–H and O–H groups in total. The highest BCUT2D eigenvalue weighted by Crippen LogP contribution is 2.44. The molecule has 0 unspecified atom stereocenters. The molecule has 1 aromatic heterocycles. The van der Waals surface area contributed by atoms with Crippen molar-refractivity contribution < 1.29 is 19.4 Å². The van der Waals surface area contributed by atoms with Gasteiger partial charge in [0.25, 0.3) is 0 Å². The van der Waals surface area contributed by atoms with Gasteiger partial charge in [0.05, 0.1) is 12.5 Å². The fourth-order valence-electron chi connectivity index (χ4n) is 3.91. The van der Waals surface area contributed by atoms with Crippen LogP contribution in [0, 0.1) is 0 Å². The summed E-state index contributed by atoms with van der Waals surface area (Å²) in [6.07, 6.45) is 0.717. The van der Waals surface area contributed by atoms with Crippen LogP contribution in [0.2, 0.25) is 0 Å². The van der Waals surface area contributed by atoms with Crippen molar-refractivity contribution in [2.45, 2.75) is 18.4 Å². The topological polar surface area (TPSA) is 93.5 Å². The molecule has 0 radical (unpaired) electrons. The van der Waals surface area contributed by atoms with E-state index in [9.17, 15) is 14.7 Å². The van der Waals surface area contributed by atoms with E-state index in [2.05, 4.69) is 38.5 Å². The minimum Gasteiger partial charge on any atom is -0.481 e. The molecule has 1 aliphatic carbocycles. The molecule has 7 nitrogen and oxygen atoms in total. The van der Waals surface area contributed by atoms with Crippen LogP contribution in [0.4, 0.5) is 4.79 Å². The maximum absolute atomic E-state index is 12.5. The van der Waals surface area contributed by atoms with Gasteiger partial charge in [0.15, 0.2) is 0 Å². The highest BCUT2D eigenvalue weighted by Gasteiger charge is 2.30. The van der Waals surface area contributed by atoms with Gasteiger partial charge in [-0.05, 0) is 38.2 Å². The number of amides is 1. The lowest BCUT2D eigenvalue weighted by molar-refractivity contribution is -0.137. The SMILES string of the molecule is Cn1cc([C@@H](CC(=O)O)NC(=O)OCC2c3ccccc3-c3ccccc32)c(Br)n1. The fraction of sp³-hybridized carbons (Fsp3) is 0.227. The molecule has 0 saturated carbocycles. The second-order valence-corrected chi connectivity index (χ2v) is 7.92. The Morgan fingerprint density at radius 3 is 2.30 bits per heavy atom. The normalized spacial score (nSPS) is 13.4. The number of carbonyl (C=O) groups is 2. The van der Waals surface area contributed by atoms with Crippen molar-refractivity contribution in [2.75, 3.05) is 6.61 Å². The van der Waals surface area contributed by atoms with Gasteiger partial charge in [0.2, 0.25) is 0 Å². The van der Waals surface area contributed by atoms with E-state index in [0.717, 1.165) is 22.3 Å². The van der Waals surface area contributed by atoms with Crippen LogP contribution in [0.3, 0.4) is 0 Å². The van der Waals surface area contributed by atoms with E-state index in [-0.39, 0.29) is 18.9 Å². The molecule has 4 rings (SSSR count). The molecule has 0 fully saturated rings. The molecular weight excluding hydrogens is 450 g/mol. The molecule has 1 aliphatic rings. The molecule has 1 amide bonds. The van der Waals surface area contributed by atoms with Gasteiger partial charge in [0.1, 0.15) is 11.2 Å². The zero-order valence-electron chi connectivity index (χ0n) is 16.2. The zero-order valence-corrected chi connectivity index (χ0v) is 17.8. The molecule has 8 heteroatoms. The molecule has 0 aliphatic heterocycles. The van der Waals surface area contributed by atoms with Crippen LogP contribution in [0.25, 0.3) is 11.1 Å². The molecule has 154 valence electrons. The van der Waals surface area contributed by atoms with Crippen molar-refractivity contribution in [3.05, 3.63) is 76.0 Å². The summed E-state index contributed by atoms with van der Waals surface area (Å²) in [5.41, 5.74) is 5.09. The number of carboxylic acid groups (broad SMARTS) is 1. The number of fused-ring (bicyclic) bond motifs is 3. The van der Waals surface area contributed by atoms with Crippen LogP contribution < -0.4 is 5.32 Å². The molecule has 3 aromatic rings. The van der Waals surface area contributed by atoms with E-state index in [4.69, 9.17) is 4.74 Å². The quantitative estimate of drug-likeness (QED) is 0.562. The number of alkyl carbamates (subject to hydrolysis) is 1. The van der Waals surface area contributed by atoms with E-state index in [1.807, 2.05) is 36.4 Å². The van der Waals surface area contributed by atoms with Crippen LogP contribution in [0.5, 0.6) is 0 Å². The van der Waals surface area contributed by atoms with Gasteiger partial charge < -0.3 is 15.2 Å². The number of ether oxygens (including phenoxy) is 1. The summed E-state index contributed by atoms with van der Waals surface area (Å²) >= 11 is 3.31. The Bertz CT molecular complexity index is 1070. The number of aromatic nitrogens is 2. The highest BCUT2D eigenvalue weighted by atomic mass is 79.9. The molecule has 1 atom stereocenters. The second-order valence-electron chi connectivity index (χ2n) is 7.17. The number of rotatable bonds is 6. The second kappa shape index (κ2) is 8.31. The summed E-state index contributed by atoms with van der Waals surface area (Å²) < 4.78 is 7.57. The lowest BCUT2D eigenvalue weighted by atomic mass is 9.98. The Labute approximate surface area is 181 Å². The summed E-state index contributed by atoms with van der Waals surface area (Å²) in [4.78, 5) is 23.8. The third-order valence-electron chi connectivity index (χ3n) is 5.20. The van der Waals surface area contributed by atoms with Crippen molar-refractivity contribution in [2.24, 2.45) is 7.05 Å². The Kier molecular flexibility index (Phi) is 5.59.